The second-order valence-electron chi connectivity index (χ2n) is 5.90. The molecule has 22 heavy (non-hydrogen) atoms. The minimum absolute atomic E-state index is 0.693. The first-order chi connectivity index (χ1) is 10.7. The number of piperidine rings is 1. The third-order valence-electron chi connectivity index (χ3n) is 4.37. The van der Waals surface area contributed by atoms with Crippen molar-refractivity contribution in [3.05, 3.63) is 17.7 Å². The van der Waals surface area contributed by atoms with Crippen molar-refractivity contribution in [2.45, 2.75) is 19.4 Å². The Labute approximate surface area is 133 Å². The third-order valence-corrected chi connectivity index (χ3v) is 4.37. The molecule has 0 spiro atoms. The van der Waals surface area contributed by atoms with Crippen LogP contribution in [0.3, 0.4) is 0 Å². The Morgan fingerprint density at radius 3 is 2.18 bits per heavy atom. The lowest BCUT2D eigenvalue weighted by Gasteiger charge is -2.29. The Balaban J connectivity index is 1.94. The number of hydrogen-bond acceptors (Lipinski definition) is 5. The van der Waals surface area contributed by atoms with E-state index in [9.17, 15) is 0 Å². The van der Waals surface area contributed by atoms with Crippen molar-refractivity contribution >= 4 is 0 Å². The highest BCUT2D eigenvalue weighted by Gasteiger charge is 2.17. The molecule has 0 radical (unpaired) electrons. The van der Waals surface area contributed by atoms with Crippen LogP contribution in [0.25, 0.3) is 0 Å². The molecule has 2 rings (SSSR count). The molecule has 1 aliphatic heterocycles. The lowest BCUT2D eigenvalue weighted by Crippen LogP contribution is -2.34. The Kier molecular flexibility index (Phi) is 6.34. The highest BCUT2D eigenvalue weighted by molar-refractivity contribution is 5.50. The van der Waals surface area contributed by atoms with Gasteiger partial charge in [-0.1, -0.05) is 0 Å². The minimum Gasteiger partial charge on any atom is -0.496 e. The van der Waals surface area contributed by atoms with Gasteiger partial charge in [-0.15, -0.1) is 0 Å². The summed E-state index contributed by atoms with van der Waals surface area (Å²) in [4.78, 5) is 2.40. The molecule has 1 saturated heterocycles. The highest BCUT2D eigenvalue weighted by Crippen LogP contribution is 2.34. The van der Waals surface area contributed by atoms with Crippen molar-refractivity contribution < 1.29 is 14.2 Å². The summed E-state index contributed by atoms with van der Waals surface area (Å²) in [6.45, 7) is 4.22. The first kappa shape index (κ1) is 16.9. The number of methoxy groups -OCH3 is 3. The average molecular weight is 308 g/mol. The van der Waals surface area contributed by atoms with E-state index in [2.05, 4.69) is 17.3 Å². The van der Waals surface area contributed by atoms with Gasteiger partial charge in [-0.25, -0.2) is 0 Å². The van der Waals surface area contributed by atoms with Gasteiger partial charge in [-0.2, -0.15) is 0 Å². The Morgan fingerprint density at radius 2 is 1.59 bits per heavy atom. The van der Waals surface area contributed by atoms with Crippen molar-refractivity contribution in [3.63, 3.8) is 0 Å². The smallest absolute Gasteiger partial charge is 0.164 e. The average Bonchev–Trinajstić information content (AvgIpc) is 2.56. The fraction of sp³-hybridized carbons (Fsp3) is 0.647. The summed E-state index contributed by atoms with van der Waals surface area (Å²) in [6, 6.07) is 3.87. The van der Waals surface area contributed by atoms with Gasteiger partial charge in [0.2, 0.25) is 0 Å². The van der Waals surface area contributed by atoms with E-state index in [1.54, 1.807) is 21.3 Å². The molecule has 0 bridgehead atoms. The van der Waals surface area contributed by atoms with Gasteiger partial charge in [0.05, 0.1) is 21.3 Å². The first-order valence-electron chi connectivity index (χ1n) is 7.86. The van der Waals surface area contributed by atoms with Crippen LogP contribution >= 0.6 is 0 Å². The number of ether oxygens (including phenoxy) is 3. The van der Waals surface area contributed by atoms with Gasteiger partial charge in [-0.3, -0.25) is 0 Å². The summed E-state index contributed by atoms with van der Waals surface area (Å²) in [5, 5.41) is 3.55. The predicted molar refractivity (Wildman–Crippen MR) is 88.0 cm³/mol. The van der Waals surface area contributed by atoms with Gasteiger partial charge in [0.15, 0.2) is 11.5 Å². The van der Waals surface area contributed by atoms with Crippen LogP contribution in [0.4, 0.5) is 0 Å². The van der Waals surface area contributed by atoms with Gasteiger partial charge < -0.3 is 24.4 Å². The first-order valence-corrected chi connectivity index (χ1v) is 7.86. The van der Waals surface area contributed by atoms with Crippen LogP contribution in [0.5, 0.6) is 17.2 Å². The number of hydrogen-bond donors (Lipinski definition) is 1. The summed E-state index contributed by atoms with van der Waals surface area (Å²) in [6.07, 6.45) is 2.54. The molecule has 1 fully saturated rings. The number of rotatable bonds is 7. The standard InChI is InChI=1S/C17H28N2O3/c1-19-7-5-13(6-8-19)11-18-12-14-9-16(21-3)17(22-4)10-15(14)20-2/h9-10,13,18H,5-8,11-12H2,1-4H3. The van der Waals surface area contributed by atoms with E-state index in [0.717, 1.165) is 36.1 Å². The molecule has 5 nitrogen and oxygen atoms in total. The lowest BCUT2D eigenvalue weighted by atomic mass is 9.97. The molecule has 1 aliphatic rings. The normalized spacial score (nSPS) is 16.5. The molecule has 5 heteroatoms. The van der Waals surface area contributed by atoms with E-state index in [0.29, 0.717) is 5.75 Å². The maximum atomic E-state index is 5.46. The number of nitrogens with one attached hydrogen (secondary N) is 1. The van der Waals surface area contributed by atoms with E-state index in [-0.39, 0.29) is 0 Å². The molecule has 1 aromatic carbocycles. The van der Waals surface area contributed by atoms with Crippen LogP contribution in [0, 0.1) is 5.92 Å². The van der Waals surface area contributed by atoms with Crippen molar-refractivity contribution in [2.24, 2.45) is 5.92 Å². The van der Waals surface area contributed by atoms with Gasteiger partial charge in [0, 0.05) is 18.2 Å². The predicted octanol–water partition coefficient (Wildman–Crippen LogP) is 2.14. The molecule has 0 amide bonds. The Hall–Kier alpha value is -1.46. The zero-order valence-electron chi connectivity index (χ0n) is 14.1. The summed E-state index contributed by atoms with van der Waals surface area (Å²) in [5.74, 6) is 3.02. The molecular formula is C17H28N2O3. The van der Waals surface area contributed by atoms with Gasteiger partial charge >= 0.3 is 0 Å². The Morgan fingerprint density at radius 1 is 1.00 bits per heavy atom. The quantitative estimate of drug-likeness (QED) is 0.836. The van der Waals surface area contributed by atoms with E-state index in [4.69, 9.17) is 14.2 Å². The van der Waals surface area contributed by atoms with E-state index in [1.165, 1.54) is 25.9 Å². The lowest BCUT2D eigenvalue weighted by molar-refractivity contribution is 0.216. The second-order valence-corrected chi connectivity index (χ2v) is 5.90. The monoisotopic (exact) mass is 308 g/mol. The van der Waals surface area contributed by atoms with Crippen LogP contribution in [-0.2, 0) is 6.54 Å². The minimum atomic E-state index is 0.693. The summed E-state index contributed by atoms with van der Waals surface area (Å²) < 4.78 is 16.1. The van der Waals surface area contributed by atoms with Gasteiger partial charge in [0.25, 0.3) is 0 Å². The van der Waals surface area contributed by atoms with Crippen LogP contribution < -0.4 is 19.5 Å². The summed E-state index contributed by atoms with van der Waals surface area (Å²) >= 11 is 0. The topological polar surface area (TPSA) is 43.0 Å². The maximum absolute atomic E-state index is 5.46. The van der Waals surface area contributed by atoms with Crippen LogP contribution in [-0.4, -0.2) is 52.9 Å². The third kappa shape index (κ3) is 4.27. The number of benzene rings is 1. The molecular weight excluding hydrogens is 280 g/mol. The maximum Gasteiger partial charge on any atom is 0.164 e. The van der Waals surface area contributed by atoms with E-state index < -0.39 is 0 Å². The molecule has 0 unspecified atom stereocenters. The number of likely N-dealkylation sites (tertiary alicyclic amines) is 1. The fourth-order valence-electron chi connectivity index (χ4n) is 2.91. The van der Waals surface area contributed by atoms with Crippen molar-refractivity contribution in [1.82, 2.24) is 10.2 Å². The van der Waals surface area contributed by atoms with E-state index in [1.807, 2.05) is 12.1 Å². The van der Waals surface area contributed by atoms with Gasteiger partial charge in [0.1, 0.15) is 5.75 Å². The van der Waals surface area contributed by atoms with Crippen molar-refractivity contribution in [3.8, 4) is 17.2 Å². The molecule has 0 aliphatic carbocycles. The molecule has 1 aromatic rings. The zero-order valence-corrected chi connectivity index (χ0v) is 14.1. The summed E-state index contributed by atoms with van der Waals surface area (Å²) in [7, 11) is 7.16. The second kappa shape index (κ2) is 8.25. The summed E-state index contributed by atoms with van der Waals surface area (Å²) in [5.41, 5.74) is 1.09. The SMILES string of the molecule is COc1cc(OC)c(OC)cc1CNCC1CCN(C)CC1. The Bertz CT molecular complexity index is 471. The fourth-order valence-corrected chi connectivity index (χ4v) is 2.91. The molecule has 124 valence electrons. The molecule has 0 aromatic heterocycles. The largest absolute Gasteiger partial charge is 0.496 e. The van der Waals surface area contributed by atoms with Crippen molar-refractivity contribution in [2.75, 3.05) is 48.0 Å². The molecule has 1 heterocycles. The van der Waals surface area contributed by atoms with E-state index >= 15 is 0 Å². The number of nitrogens with zero attached hydrogens (tertiary/aromatic N) is 1. The van der Waals surface area contributed by atoms with Crippen LogP contribution in [0.1, 0.15) is 18.4 Å². The molecule has 0 atom stereocenters. The van der Waals surface area contributed by atoms with Crippen LogP contribution in [0.2, 0.25) is 0 Å². The zero-order chi connectivity index (χ0) is 15.9. The van der Waals surface area contributed by atoms with Gasteiger partial charge in [-0.05, 0) is 51.5 Å². The van der Waals surface area contributed by atoms with Crippen LogP contribution in [0.15, 0.2) is 12.1 Å². The molecule has 0 saturated carbocycles. The molecule has 1 N–H and O–H groups in total. The highest BCUT2D eigenvalue weighted by atomic mass is 16.5. The van der Waals surface area contributed by atoms with Crippen molar-refractivity contribution in [1.29, 1.82) is 0 Å².